The van der Waals surface area contributed by atoms with Crippen molar-refractivity contribution in [1.82, 2.24) is 19.9 Å². The monoisotopic (exact) mass is 626 g/mol. The molecule has 2 fully saturated rings. The highest BCUT2D eigenvalue weighted by atomic mass is 35.5. The molecule has 3 heterocycles. The number of ether oxygens (including phenoxy) is 2. The highest BCUT2D eigenvalue weighted by Gasteiger charge is 2.29. The molecule has 1 unspecified atom stereocenters. The van der Waals surface area contributed by atoms with E-state index < -0.39 is 11.7 Å². The molecular formula is C35H32ClFN4O4. The van der Waals surface area contributed by atoms with Crippen molar-refractivity contribution in [3.05, 3.63) is 110 Å². The molecule has 1 aliphatic carbocycles. The van der Waals surface area contributed by atoms with E-state index in [-0.39, 0.29) is 12.1 Å². The van der Waals surface area contributed by atoms with Crippen molar-refractivity contribution in [2.45, 2.75) is 44.8 Å². The van der Waals surface area contributed by atoms with E-state index in [0.717, 1.165) is 71.9 Å². The SMILES string of the molecule is COc1ccc(/C(=C(\c2ccc(/C=C/c3noc(=O)[nH]3)cc2)c2ccc3c(c2)c(F)nn3C2CCCCO2)C2CCC2)c(Cl)c1. The maximum absolute atomic E-state index is 15.5. The zero-order valence-electron chi connectivity index (χ0n) is 24.8. The Kier molecular flexibility index (Phi) is 8.12. The summed E-state index contributed by atoms with van der Waals surface area (Å²) in [6, 6.07) is 19.8. The van der Waals surface area contributed by atoms with Gasteiger partial charge in [0.25, 0.3) is 0 Å². The fourth-order valence-corrected chi connectivity index (χ4v) is 6.49. The van der Waals surface area contributed by atoms with Crippen LogP contribution in [0.25, 0.3) is 34.2 Å². The Morgan fingerprint density at radius 1 is 1.02 bits per heavy atom. The lowest BCUT2D eigenvalue weighted by Crippen LogP contribution is -2.19. The summed E-state index contributed by atoms with van der Waals surface area (Å²) in [4.78, 5) is 13.8. The van der Waals surface area contributed by atoms with Crippen LogP contribution in [0.2, 0.25) is 5.02 Å². The molecule has 2 aromatic heterocycles. The molecule has 1 atom stereocenters. The van der Waals surface area contributed by atoms with Crippen molar-refractivity contribution in [2.75, 3.05) is 13.7 Å². The van der Waals surface area contributed by atoms with Gasteiger partial charge in [0.1, 0.15) is 5.75 Å². The van der Waals surface area contributed by atoms with Gasteiger partial charge in [-0.3, -0.25) is 9.51 Å². The maximum Gasteiger partial charge on any atom is 0.439 e. The third kappa shape index (κ3) is 5.85. The molecule has 1 saturated heterocycles. The van der Waals surface area contributed by atoms with Gasteiger partial charge in [0.15, 0.2) is 12.1 Å². The summed E-state index contributed by atoms with van der Waals surface area (Å²) in [5, 5.41) is 9.02. The van der Waals surface area contributed by atoms with Gasteiger partial charge in [-0.05, 0) is 108 Å². The number of halogens is 2. The highest BCUT2D eigenvalue weighted by Crippen LogP contribution is 2.47. The minimum absolute atomic E-state index is 0.272. The Morgan fingerprint density at radius 3 is 2.51 bits per heavy atom. The maximum atomic E-state index is 15.5. The molecule has 0 spiro atoms. The summed E-state index contributed by atoms with van der Waals surface area (Å²) in [5.74, 6) is 0.183. The highest BCUT2D eigenvalue weighted by molar-refractivity contribution is 6.33. The summed E-state index contributed by atoms with van der Waals surface area (Å²) in [7, 11) is 1.62. The van der Waals surface area contributed by atoms with Crippen LogP contribution >= 0.6 is 11.6 Å². The molecule has 5 aromatic rings. The number of fused-ring (bicyclic) bond motifs is 1. The van der Waals surface area contributed by atoms with Crippen LogP contribution in [0, 0.1) is 11.9 Å². The number of nitrogens with zero attached hydrogens (tertiary/aromatic N) is 3. The first-order valence-electron chi connectivity index (χ1n) is 15.2. The van der Waals surface area contributed by atoms with Crippen LogP contribution in [0.1, 0.15) is 72.8 Å². The molecule has 0 bridgehead atoms. The van der Waals surface area contributed by atoms with E-state index in [0.29, 0.717) is 34.1 Å². The Bertz CT molecular complexity index is 1960. The van der Waals surface area contributed by atoms with Crippen LogP contribution in [0.4, 0.5) is 4.39 Å². The number of nitrogens with one attached hydrogen (secondary N) is 1. The van der Waals surface area contributed by atoms with E-state index >= 15 is 4.39 Å². The molecule has 2 aliphatic rings. The first-order valence-corrected chi connectivity index (χ1v) is 15.6. The summed E-state index contributed by atoms with van der Waals surface area (Å²) in [6.45, 7) is 0.647. The topological polar surface area (TPSA) is 95.2 Å². The van der Waals surface area contributed by atoms with Crippen molar-refractivity contribution in [2.24, 2.45) is 5.92 Å². The lowest BCUT2D eigenvalue weighted by atomic mass is 9.73. The van der Waals surface area contributed by atoms with E-state index in [9.17, 15) is 4.79 Å². The number of methoxy groups -OCH3 is 1. The van der Waals surface area contributed by atoms with Crippen LogP contribution in [-0.4, -0.2) is 33.6 Å². The molecule has 1 aliphatic heterocycles. The molecule has 10 heteroatoms. The molecule has 7 rings (SSSR count). The van der Waals surface area contributed by atoms with Gasteiger partial charge in [-0.1, -0.05) is 59.6 Å². The summed E-state index contributed by atoms with van der Waals surface area (Å²) in [6.07, 6.45) is 9.28. The van der Waals surface area contributed by atoms with Crippen molar-refractivity contribution in [3.63, 3.8) is 0 Å². The summed E-state index contributed by atoms with van der Waals surface area (Å²) < 4.78 is 33.2. The van der Waals surface area contributed by atoms with Crippen LogP contribution < -0.4 is 10.5 Å². The second-order valence-electron chi connectivity index (χ2n) is 11.5. The number of rotatable bonds is 8. The number of aromatic nitrogens is 4. The normalized spacial score (nSPS) is 17.9. The predicted molar refractivity (Wildman–Crippen MR) is 172 cm³/mol. The third-order valence-corrected chi connectivity index (χ3v) is 9.03. The molecule has 3 aromatic carbocycles. The van der Waals surface area contributed by atoms with Gasteiger partial charge in [0, 0.05) is 6.61 Å². The minimum Gasteiger partial charge on any atom is -0.497 e. The summed E-state index contributed by atoms with van der Waals surface area (Å²) >= 11 is 6.93. The molecule has 1 N–H and O–H groups in total. The fraction of sp³-hybridized carbons (Fsp3) is 0.286. The second-order valence-corrected chi connectivity index (χ2v) is 11.9. The van der Waals surface area contributed by atoms with Crippen molar-refractivity contribution in [1.29, 1.82) is 0 Å². The molecule has 0 radical (unpaired) electrons. The van der Waals surface area contributed by atoms with Crippen LogP contribution in [0.3, 0.4) is 0 Å². The van der Waals surface area contributed by atoms with E-state index in [4.69, 9.17) is 21.1 Å². The second kappa shape index (κ2) is 12.5. The number of benzene rings is 3. The van der Waals surface area contributed by atoms with Gasteiger partial charge in [0.05, 0.1) is 23.0 Å². The summed E-state index contributed by atoms with van der Waals surface area (Å²) in [5.41, 5.74) is 6.52. The Labute approximate surface area is 264 Å². The van der Waals surface area contributed by atoms with Crippen molar-refractivity contribution < 1.29 is 18.4 Å². The zero-order valence-corrected chi connectivity index (χ0v) is 25.5. The van der Waals surface area contributed by atoms with E-state index in [1.807, 2.05) is 54.6 Å². The predicted octanol–water partition coefficient (Wildman–Crippen LogP) is 8.14. The van der Waals surface area contributed by atoms with Gasteiger partial charge in [-0.15, -0.1) is 5.10 Å². The van der Waals surface area contributed by atoms with Crippen LogP contribution in [0.15, 0.2) is 70.0 Å². The zero-order chi connectivity index (χ0) is 30.9. The van der Waals surface area contributed by atoms with Gasteiger partial charge < -0.3 is 9.47 Å². The first kappa shape index (κ1) is 29.3. The number of aromatic amines is 1. The largest absolute Gasteiger partial charge is 0.497 e. The van der Waals surface area contributed by atoms with Crippen LogP contribution in [0.5, 0.6) is 5.75 Å². The molecule has 1 saturated carbocycles. The quantitative estimate of drug-likeness (QED) is 0.175. The molecule has 230 valence electrons. The molecule has 45 heavy (non-hydrogen) atoms. The van der Waals surface area contributed by atoms with Crippen LogP contribution in [-0.2, 0) is 4.74 Å². The fourth-order valence-electron chi connectivity index (χ4n) is 6.22. The molecular weight excluding hydrogens is 595 g/mol. The number of allylic oxidation sites excluding steroid dienone is 1. The third-order valence-electron chi connectivity index (χ3n) is 8.72. The Morgan fingerprint density at radius 2 is 1.84 bits per heavy atom. The number of H-pyrrole nitrogens is 1. The smallest absolute Gasteiger partial charge is 0.439 e. The Hall–Kier alpha value is -4.47. The molecule has 8 nitrogen and oxygen atoms in total. The minimum atomic E-state index is -0.606. The van der Waals surface area contributed by atoms with Gasteiger partial charge in [-0.25, -0.2) is 9.48 Å². The van der Waals surface area contributed by atoms with Crippen molar-refractivity contribution >= 4 is 45.8 Å². The van der Waals surface area contributed by atoms with E-state index in [1.54, 1.807) is 17.9 Å². The Balaban J connectivity index is 1.38. The van der Waals surface area contributed by atoms with Gasteiger partial charge in [-0.2, -0.15) is 4.39 Å². The van der Waals surface area contributed by atoms with Gasteiger partial charge >= 0.3 is 5.76 Å². The average molecular weight is 627 g/mol. The van der Waals surface area contributed by atoms with E-state index in [2.05, 4.69) is 31.9 Å². The van der Waals surface area contributed by atoms with Crippen molar-refractivity contribution in [3.8, 4) is 5.75 Å². The number of hydrogen-bond donors (Lipinski definition) is 1. The standard InChI is InChI=1S/C35H32ClFN4O4/c1-43-25-14-15-26(28(36)20-25)33(22-5-4-6-22)32(23-11-8-21(9-12-23)10-17-30-38-35(42)45-40-30)24-13-16-29-27(19-24)34(37)39-41(29)31-7-2-3-18-44-31/h8-17,19-20,22,31H,2-7,18H2,1H3,(H,38,40,42)/b17-10+,33-32+. The molecule has 0 amide bonds. The average Bonchev–Trinajstić information content (AvgIpc) is 3.61. The lowest BCUT2D eigenvalue weighted by Gasteiger charge is -2.32. The number of hydrogen-bond acceptors (Lipinski definition) is 6. The van der Waals surface area contributed by atoms with E-state index in [1.165, 1.54) is 0 Å². The first-order chi connectivity index (χ1) is 22.0. The van der Waals surface area contributed by atoms with Gasteiger partial charge in [0.2, 0.25) is 5.95 Å². The lowest BCUT2D eigenvalue weighted by molar-refractivity contribution is -0.0375.